The SMILES string of the molecule is CCC1(C)CCN(CCCC(C)(C)C(=O)O)CC1. The second-order valence-corrected chi connectivity index (χ2v) is 6.80. The molecule has 0 atom stereocenters. The molecule has 3 nitrogen and oxygen atoms in total. The molecule has 1 fully saturated rings. The predicted octanol–water partition coefficient (Wildman–Crippen LogP) is 3.39. The number of hydrogen-bond acceptors (Lipinski definition) is 2. The maximum atomic E-state index is 11.0. The number of nitrogens with zero attached hydrogens (tertiary/aromatic N) is 1. The van der Waals surface area contributed by atoms with Gasteiger partial charge in [-0.25, -0.2) is 0 Å². The highest BCUT2D eigenvalue weighted by molar-refractivity contribution is 5.73. The third kappa shape index (κ3) is 4.27. The van der Waals surface area contributed by atoms with Crippen LogP contribution in [0.15, 0.2) is 0 Å². The van der Waals surface area contributed by atoms with Crippen molar-refractivity contribution in [3.63, 3.8) is 0 Å². The van der Waals surface area contributed by atoms with Gasteiger partial charge in [0.15, 0.2) is 0 Å². The van der Waals surface area contributed by atoms with Crippen LogP contribution in [0.1, 0.15) is 59.8 Å². The summed E-state index contributed by atoms with van der Waals surface area (Å²) in [5.41, 5.74) is -0.0371. The fourth-order valence-corrected chi connectivity index (χ4v) is 2.52. The Hall–Kier alpha value is -0.570. The normalized spacial score (nSPS) is 20.9. The molecule has 3 heteroatoms. The summed E-state index contributed by atoms with van der Waals surface area (Å²) in [6.07, 6.45) is 5.59. The third-order valence-corrected chi connectivity index (χ3v) is 4.77. The summed E-state index contributed by atoms with van der Waals surface area (Å²) in [7, 11) is 0. The summed E-state index contributed by atoms with van der Waals surface area (Å²) in [5, 5.41) is 9.07. The van der Waals surface area contributed by atoms with Crippen LogP contribution >= 0.6 is 0 Å². The van der Waals surface area contributed by atoms with E-state index in [-0.39, 0.29) is 0 Å². The maximum absolute atomic E-state index is 11.0. The largest absolute Gasteiger partial charge is 0.481 e. The molecule has 0 aromatic carbocycles. The van der Waals surface area contributed by atoms with Gasteiger partial charge in [0, 0.05) is 0 Å². The molecular formula is C15H29NO2. The first kappa shape index (κ1) is 15.5. The standard InChI is InChI=1S/C15H29NO2/c1-5-15(4)8-11-16(12-9-15)10-6-7-14(2,3)13(17)18/h5-12H2,1-4H3,(H,17,18). The van der Waals surface area contributed by atoms with E-state index in [0.717, 1.165) is 19.4 Å². The number of piperidine rings is 1. The summed E-state index contributed by atoms with van der Waals surface area (Å²) in [4.78, 5) is 13.5. The fraction of sp³-hybridized carbons (Fsp3) is 0.933. The summed E-state index contributed by atoms with van der Waals surface area (Å²) in [6, 6.07) is 0. The highest BCUT2D eigenvalue weighted by Gasteiger charge is 2.29. The zero-order valence-electron chi connectivity index (χ0n) is 12.5. The van der Waals surface area contributed by atoms with Crippen molar-refractivity contribution in [1.82, 2.24) is 4.90 Å². The molecule has 0 unspecified atom stereocenters. The summed E-state index contributed by atoms with van der Waals surface area (Å²) in [5.74, 6) is -0.681. The Labute approximate surface area is 112 Å². The molecule has 0 aromatic rings. The molecule has 0 aliphatic carbocycles. The van der Waals surface area contributed by atoms with Gasteiger partial charge in [0.1, 0.15) is 0 Å². The third-order valence-electron chi connectivity index (χ3n) is 4.77. The van der Waals surface area contributed by atoms with E-state index in [2.05, 4.69) is 18.7 Å². The van der Waals surface area contributed by atoms with Gasteiger partial charge >= 0.3 is 5.97 Å². The summed E-state index contributed by atoms with van der Waals surface area (Å²) < 4.78 is 0. The van der Waals surface area contributed by atoms with Gasteiger partial charge in [0.25, 0.3) is 0 Å². The van der Waals surface area contributed by atoms with Gasteiger partial charge in [0.05, 0.1) is 5.41 Å². The van der Waals surface area contributed by atoms with Crippen molar-refractivity contribution in [2.75, 3.05) is 19.6 Å². The summed E-state index contributed by atoms with van der Waals surface area (Å²) >= 11 is 0. The molecule has 0 radical (unpaired) electrons. The number of carboxylic acids is 1. The van der Waals surface area contributed by atoms with Crippen LogP contribution in [0.5, 0.6) is 0 Å². The van der Waals surface area contributed by atoms with E-state index in [1.54, 1.807) is 0 Å². The molecule has 0 spiro atoms. The second-order valence-electron chi connectivity index (χ2n) is 6.80. The maximum Gasteiger partial charge on any atom is 0.309 e. The molecule has 0 saturated carbocycles. The molecule has 1 rings (SSSR count). The first-order chi connectivity index (χ1) is 8.29. The van der Waals surface area contributed by atoms with Crippen LogP contribution in [0.4, 0.5) is 0 Å². The fourth-order valence-electron chi connectivity index (χ4n) is 2.52. The monoisotopic (exact) mass is 255 g/mol. The number of carbonyl (C=O) groups is 1. The molecular weight excluding hydrogens is 226 g/mol. The number of aliphatic carboxylic acids is 1. The number of carboxylic acid groups (broad SMARTS) is 1. The number of likely N-dealkylation sites (tertiary alicyclic amines) is 1. The average molecular weight is 255 g/mol. The van der Waals surface area contributed by atoms with E-state index in [0.29, 0.717) is 5.41 Å². The van der Waals surface area contributed by atoms with E-state index in [4.69, 9.17) is 5.11 Å². The van der Waals surface area contributed by atoms with Gasteiger partial charge in [-0.3, -0.25) is 4.79 Å². The van der Waals surface area contributed by atoms with Crippen LogP contribution in [0.2, 0.25) is 0 Å². The van der Waals surface area contributed by atoms with Crippen LogP contribution in [-0.2, 0) is 4.79 Å². The number of rotatable bonds is 6. The smallest absolute Gasteiger partial charge is 0.309 e. The molecule has 1 heterocycles. The van der Waals surface area contributed by atoms with E-state index in [1.807, 2.05) is 13.8 Å². The molecule has 1 aliphatic rings. The summed E-state index contributed by atoms with van der Waals surface area (Å²) in [6.45, 7) is 11.7. The van der Waals surface area contributed by atoms with Crippen molar-refractivity contribution in [3.05, 3.63) is 0 Å². The molecule has 0 aromatic heterocycles. The first-order valence-electron chi connectivity index (χ1n) is 7.25. The zero-order chi connectivity index (χ0) is 13.8. The minimum Gasteiger partial charge on any atom is -0.481 e. The Morgan fingerprint density at radius 3 is 2.33 bits per heavy atom. The van der Waals surface area contributed by atoms with Crippen molar-refractivity contribution in [3.8, 4) is 0 Å². The molecule has 1 saturated heterocycles. The highest BCUT2D eigenvalue weighted by atomic mass is 16.4. The van der Waals surface area contributed by atoms with Crippen LogP contribution in [0.25, 0.3) is 0 Å². The van der Waals surface area contributed by atoms with E-state index in [9.17, 15) is 4.79 Å². The zero-order valence-corrected chi connectivity index (χ0v) is 12.5. The molecule has 18 heavy (non-hydrogen) atoms. The molecule has 0 amide bonds. The quantitative estimate of drug-likeness (QED) is 0.791. The van der Waals surface area contributed by atoms with Gasteiger partial charge in [-0.05, 0) is 64.6 Å². The lowest BCUT2D eigenvalue weighted by atomic mass is 9.78. The minimum absolute atomic E-state index is 0.539. The molecule has 1 aliphatic heterocycles. The predicted molar refractivity (Wildman–Crippen MR) is 74.7 cm³/mol. The lowest BCUT2D eigenvalue weighted by molar-refractivity contribution is -0.147. The topological polar surface area (TPSA) is 40.5 Å². The van der Waals surface area contributed by atoms with Gasteiger partial charge in [-0.2, -0.15) is 0 Å². The minimum atomic E-state index is -0.681. The van der Waals surface area contributed by atoms with E-state index in [1.165, 1.54) is 32.4 Å². The molecule has 0 bridgehead atoms. The van der Waals surface area contributed by atoms with Crippen LogP contribution in [0.3, 0.4) is 0 Å². The van der Waals surface area contributed by atoms with Crippen LogP contribution in [0, 0.1) is 10.8 Å². The Bertz CT molecular complexity index is 278. The Morgan fingerprint density at radius 1 is 1.33 bits per heavy atom. The van der Waals surface area contributed by atoms with Crippen molar-refractivity contribution in [2.45, 2.75) is 59.8 Å². The van der Waals surface area contributed by atoms with Crippen molar-refractivity contribution >= 4 is 5.97 Å². The lowest BCUT2D eigenvalue weighted by Crippen LogP contribution is -2.39. The van der Waals surface area contributed by atoms with E-state index >= 15 is 0 Å². The second kappa shape index (κ2) is 6.05. The first-order valence-corrected chi connectivity index (χ1v) is 7.25. The van der Waals surface area contributed by atoms with Crippen LogP contribution in [-0.4, -0.2) is 35.6 Å². The van der Waals surface area contributed by atoms with Gasteiger partial charge in [0.2, 0.25) is 0 Å². The average Bonchev–Trinajstić information content (AvgIpc) is 2.31. The molecule has 106 valence electrons. The van der Waals surface area contributed by atoms with Crippen molar-refractivity contribution < 1.29 is 9.90 Å². The van der Waals surface area contributed by atoms with Gasteiger partial charge < -0.3 is 10.0 Å². The van der Waals surface area contributed by atoms with Crippen molar-refractivity contribution in [1.29, 1.82) is 0 Å². The molecule has 1 N–H and O–H groups in total. The van der Waals surface area contributed by atoms with Crippen molar-refractivity contribution in [2.24, 2.45) is 10.8 Å². The lowest BCUT2D eigenvalue weighted by Gasteiger charge is -2.39. The Balaban J connectivity index is 2.25. The van der Waals surface area contributed by atoms with E-state index < -0.39 is 11.4 Å². The van der Waals surface area contributed by atoms with Crippen LogP contribution < -0.4 is 0 Å². The van der Waals surface area contributed by atoms with Gasteiger partial charge in [-0.15, -0.1) is 0 Å². The Morgan fingerprint density at radius 2 is 1.89 bits per heavy atom. The van der Waals surface area contributed by atoms with Gasteiger partial charge in [-0.1, -0.05) is 20.3 Å². The number of hydrogen-bond donors (Lipinski definition) is 1. The highest BCUT2D eigenvalue weighted by Crippen LogP contribution is 2.34. The Kier molecular flexibility index (Phi) is 5.20.